The molecule has 0 aliphatic carbocycles. The van der Waals surface area contributed by atoms with Crippen molar-refractivity contribution in [3.8, 4) is 0 Å². The van der Waals surface area contributed by atoms with E-state index in [0.717, 1.165) is 17.8 Å². The zero-order chi connectivity index (χ0) is 15.7. The minimum atomic E-state index is -0.0561. The van der Waals surface area contributed by atoms with E-state index in [0.29, 0.717) is 19.5 Å². The van der Waals surface area contributed by atoms with Gasteiger partial charge in [-0.25, -0.2) is 0 Å². The van der Waals surface area contributed by atoms with E-state index in [-0.39, 0.29) is 17.7 Å². The summed E-state index contributed by atoms with van der Waals surface area (Å²) in [4.78, 5) is 23.3. The third kappa shape index (κ3) is 6.90. The lowest BCUT2D eigenvalue weighted by molar-refractivity contribution is -0.121. The summed E-state index contributed by atoms with van der Waals surface area (Å²) in [5.41, 5.74) is 1.72. The molecule has 0 saturated carbocycles. The molecule has 0 unspecified atom stereocenters. The fourth-order valence-corrected chi connectivity index (χ4v) is 1.71. The van der Waals surface area contributed by atoms with Crippen LogP contribution in [0.1, 0.15) is 32.8 Å². The molecule has 0 radical (unpaired) electrons. The second-order valence-electron chi connectivity index (χ2n) is 5.22. The number of amides is 2. The molecule has 0 fully saturated rings. The first kappa shape index (κ1) is 17.2. The summed E-state index contributed by atoms with van der Waals surface area (Å²) in [6, 6.07) is 7.52. The Bertz CT molecular complexity index is 472. The van der Waals surface area contributed by atoms with Crippen LogP contribution in [0.15, 0.2) is 24.3 Å². The van der Waals surface area contributed by atoms with E-state index in [1.165, 1.54) is 0 Å². The summed E-state index contributed by atoms with van der Waals surface area (Å²) in [5.74, 6) is -0.0474. The molecule has 116 valence electrons. The average molecular weight is 291 g/mol. The average Bonchev–Trinajstić information content (AvgIpc) is 2.45. The van der Waals surface area contributed by atoms with E-state index in [9.17, 15) is 9.59 Å². The number of nitrogens with one attached hydrogen (secondary N) is 3. The Morgan fingerprint density at radius 1 is 1.24 bits per heavy atom. The molecule has 0 saturated heterocycles. The fourth-order valence-electron chi connectivity index (χ4n) is 1.71. The maximum atomic E-state index is 11.6. The summed E-state index contributed by atoms with van der Waals surface area (Å²) < 4.78 is 0. The lowest BCUT2D eigenvalue weighted by atomic mass is 10.1. The molecular weight excluding hydrogens is 266 g/mol. The largest absolute Gasteiger partial charge is 0.352 e. The Balaban J connectivity index is 2.45. The Morgan fingerprint density at radius 2 is 2.00 bits per heavy atom. The standard InChI is InChI=1S/C16H25N3O2/c1-4-17-9-8-15(20)18-11-13-6-5-7-14(10-13)19-16(21)12(2)3/h5-7,10,12,17H,4,8-9,11H2,1-3H3,(H,18,20)(H,19,21). The topological polar surface area (TPSA) is 70.2 Å². The van der Waals surface area contributed by atoms with Gasteiger partial charge >= 0.3 is 0 Å². The van der Waals surface area contributed by atoms with Gasteiger partial charge in [-0.05, 0) is 24.2 Å². The van der Waals surface area contributed by atoms with Gasteiger partial charge in [0.25, 0.3) is 0 Å². The molecule has 0 atom stereocenters. The summed E-state index contributed by atoms with van der Waals surface area (Å²) in [7, 11) is 0. The molecule has 1 aromatic rings. The Morgan fingerprint density at radius 3 is 2.67 bits per heavy atom. The molecule has 0 bridgehead atoms. The third-order valence-corrected chi connectivity index (χ3v) is 2.99. The van der Waals surface area contributed by atoms with Gasteiger partial charge < -0.3 is 16.0 Å². The molecule has 5 nitrogen and oxygen atoms in total. The van der Waals surface area contributed by atoms with Crippen molar-refractivity contribution in [3.63, 3.8) is 0 Å². The minimum Gasteiger partial charge on any atom is -0.352 e. The van der Waals surface area contributed by atoms with E-state index >= 15 is 0 Å². The lowest BCUT2D eigenvalue weighted by Crippen LogP contribution is -2.27. The maximum Gasteiger partial charge on any atom is 0.226 e. The van der Waals surface area contributed by atoms with Gasteiger partial charge in [-0.3, -0.25) is 9.59 Å². The Labute approximate surface area is 126 Å². The maximum absolute atomic E-state index is 11.6. The van der Waals surface area contributed by atoms with Crippen LogP contribution in [0.25, 0.3) is 0 Å². The molecular formula is C16H25N3O2. The molecule has 2 amide bonds. The van der Waals surface area contributed by atoms with Gasteiger partial charge in [0.15, 0.2) is 0 Å². The van der Waals surface area contributed by atoms with E-state index in [1.54, 1.807) is 0 Å². The zero-order valence-electron chi connectivity index (χ0n) is 13.0. The van der Waals surface area contributed by atoms with Crippen molar-refractivity contribution < 1.29 is 9.59 Å². The number of hydrogen-bond acceptors (Lipinski definition) is 3. The van der Waals surface area contributed by atoms with Crippen LogP contribution in [0.2, 0.25) is 0 Å². The van der Waals surface area contributed by atoms with Crippen LogP contribution in [0.3, 0.4) is 0 Å². The smallest absolute Gasteiger partial charge is 0.226 e. The van der Waals surface area contributed by atoms with Gasteiger partial charge in [-0.2, -0.15) is 0 Å². The van der Waals surface area contributed by atoms with Crippen molar-refractivity contribution in [2.75, 3.05) is 18.4 Å². The Kier molecular flexibility index (Phi) is 7.46. The summed E-state index contributed by atoms with van der Waals surface area (Å²) in [5, 5.41) is 8.83. The summed E-state index contributed by atoms with van der Waals surface area (Å²) in [6.45, 7) is 7.73. The number of hydrogen-bond donors (Lipinski definition) is 3. The second-order valence-corrected chi connectivity index (χ2v) is 5.22. The van der Waals surface area contributed by atoms with Gasteiger partial charge in [0, 0.05) is 31.1 Å². The molecule has 3 N–H and O–H groups in total. The highest BCUT2D eigenvalue weighted by Crippen LogP contribution is 2.11. The normalized spacial score (nSPS) is 10.5. The molecule has 0 spiro atoms. The van der Waals surface area contributed by atoms with E-state index in [4.69, 9.17) is 0 Å². The van der Waals surface area contributed by atoms with E-state index in [2.05, 4.69) is 16.0 Å². The first-order chi connectivity index (χ1) is 10.0. The second kappa shape index (κ2) is 9.13. The third-order valence-electron chi connectivity index (χ3n) is 2.99. The molecule has 21 heavy (non-hydrogen) atoms. The van der Waals surface area contributed by atoms with Crippen LogP contribution in [-0.2, 0) is 16.1 Å². The highest BCUT2D eigenvalue weighted by atomic mass is 16.2. The minimum absolute atomic E-state index is 0.0122. The molecule has 0 aliphatic rings. The number of carbonyl (C=O) groups excluding carboxylic acids is 2. The Hall–Kier alpha value is -1.88. The predicted octanol–water partition coefficient (Wildman–Crippen LogP) is 1.90. The van der Waals surface area contributed by atoms with E-state index in [1.807, 2.05) is 45.0 Å². The number of benzene rings is 1. The van der Waals surface area contributed by atoms with Crippen LogP contribution in [-0.4, -0.2) is 24.9 Å². The van der Waals surface area contributed by atoms with Crippen LogP contribution in [0.4, 0.5) is 5.69 Å². The van der Waals surface area contributed by atoms with Gasteiger partial charge in [0.1, 0.15) is 0 Å². The van der Waals surface area contributed by atoms with Crippen molar-refractivity contribution in [2.24, 2.45) is 5.92 Å². The van der Waals surface area contributed by atoms with E-state index < -0.39 is 0 Å². The number of anilines is 1. The SMILES string of the molecule is CCNCCC(=O)NCc1cccc(NC(=O)C(C)C)c1. The molecule has 5 heteroatoms. The number of rotatable bonds is 8. The van der Waals surface area contributed by atoms with Crippen LogP contribution in [0.5, 0.6) is 0 Å². The molecule has 1 aromatic carbocycles. The lowest BCUT2D eigenvalue weighted by Gasteiger charge is -2.10. The van der Waals surface area contributed by atoms with Crippen LogP contribution >= 0.6 is 0 Å². The van der Waals surface area contributed by atoms with Crippen molar-refractivity contribution in [1.82, 2.24) is 10.6 Å². The molecule has 0 aromatic heterocycles. The van der Waals surface area contributed by atoms with Crippen LogP contribution in [0, 0.1) is 5.92 Å². The quantitative estimate of drug-likeness (QED) is 0.641. The van der Waals surface area contributed by atoms with Gasteiger partial charge in [-0.15, -0.1) is 0 Å². The van der Waals surface area contributed by atoms with Gasteiger partial charge in [0.05, 0.1) is 0 Å². The highest BCUT2D eigenvalue weighted by Gasteiger charge is 2.07. The van der Waals surface area contributed by atoms with Crippen molar-refractivity contribution >= 4 is 17.5 Å². The summed E-state index contributed by atoms with van der Waals surface area (Å²) >= 11 is 0. The van der Waals surface area contributed by atoms with Gasteiger partial charge in [-0.1, -0.05) is 32.9 Å². The first-order valence-electron chi connectivity index (χ1n) is 7.40. The van der Waals surface area contributed by atoms with Crippen molar-refractivity contribution in [1.29, 1.82) is 0 Å². The zero-order valence-corrected chi connectivity index (χ0v) is 13.0. The van der Waals surface area contributed by atoms with Crippen molar-refractivity contribution in [3.05, 3.63) is 29.8 Å². The first-order valence-corrected chi connectivity index (χ1v) is 7.40. The number of carbonyl (C=O) groups is 2. The predicted molar refractivity (Wildman–Crippen MR) is 84.9 cm³/mol. The van der Waals surface area contributed by atoms with Crippen LogP contribution < -0.4 is 16.0 Å². The fraction of sp³-hybridized carbons (Fsp3) is 0.500. The summed E-state index contributed by atoms with van der Waals surface area (Å²) in [6.07, 6.45) is 0.470. The molecule has 1 rings (SSSR count). The van der Waals surface area contributed by atoms with Gasteiger partial charge in [0.2, 0.25) is 11.8 Å². The monoisotopic (exact) mass is 291 g/mol. The van der Waals surface area contributed by atoms with Crippen molar-refractivity contribution in [2.45, 2.75) is 33.7 Å². The molecule has 0 heterocycles. The highest BCUT2D eigenvalue weighted by molar-refractivity contribution is 5.92. The molecule has 0 aliphatic heterocycles.